The van der Waals surface area contributed by atoms with Gasteiger partial charge in [0.1, 0.15) is 17.6 Å². The molecule has 8 heteroatoms. The van der Waals surface area contributed by atoms with Gasteiger partial charge in [-0.05, 0) is 42.5 Å². The first-order valence-electron chi connectivity index (χ1n) is 11.4. The summed E-state index contributed by atoms with van der Waals surface area (Å²) in [6, 6.07) is 15.4. The molecule has 0 saturated carbocycles. The molecule has 8 nitrogen and oxygen atoms in total. The second-order valence-corrected chi connectivity index (χ2v) is 9.40. The number of aliphatic carboxylic acids is 1. The molecule has 4 rings (SSSR count). The number of amides is 2. The number of rotatable bonds is 7. The summed E-state index contributed by atoms with van der Waals surface area (Å²) in [5, 5.41) is 15.0. The minimum atomic E-state index is -1.27. The van der Waals surface area contributed by atoms with E-state index in [-0.39, 0.29) is 25.7 Å². The van der Waals surface area contributed by atoms with Crippen LogP contribution in [0.2, 0.25) is 0 Å². The molecule has 2 aromatic carbocycles. The summed E-state index contributed by atoms with van der Waals surface area (Å²) < 4.78 is 10.9. The Labute approximate surface area is 198 Å². The lowest BCUT2D eigenvalue weighted by Gasteiger charge is -2.32. The van der Waals surface area contributed by atoms with Gasteiger partial charge in [0, 0.05) is 5.92 Å². The van der Waals surface area contributed by atoms with Gasteiger partial charge in [-0.1, -0.05) is 55.5 Å². The molecule has 180 valence electrons. The van der Waals surface area contributed by atoms with Crippen LogP contribution in [0.25, 0.3) is 11.1 Å². The summed E-state index contributed by atoms with van der Waals surface area (Å²) in [6.07, 6.45) is -0.412. The van der Waals surface area contributed by atoms with Gasteiger partial charge in [0.2, 0.25) is 5.91 Å². The molecule has 3 atom stereocenters. The van der Waals surface area contributed by atoms with Gasteiger partial charge in [0.25, 0.3) is 0 Å². The second kappa shape index (κ2) is 9.10. The standard InChI is InChI=1S/C26H30N2O6/c1-4-26(3,22(29)27-21-14-33-15-25(21,2)23(30)31)28-24(32)34-13-20-18-11-7-5-9-16(18)17-10-6-8-12-19(17)20/h5-12,20-21H,4,13-15H2,1-3H3,(H,27,29)(H,28,32)(H,30,31). The molecule has 1 heterocycles. The highest BCUT2D eigenvalue weighted by Gasteiger charge is 2.49. The van der Waals surface area contributed by atoms with E-state index in [0.29, 0.717) is 6.42 Å². The van der Waals surface area contributed by atoms with Crippen LogP contribution in [0.3, 0.4) is 0 Å². The number of carbonyl (C=O) groups excluding carboxylic acids is 2. The molecule has 0 aromatic heterocycles. The van der Waals surface area contributed by atoms with Crippen molar-refractivity contribution >= 4 is 18.0 Å². The molecule has 3 N–H and O–H groups in total. The van der Waals surface area contributed by atoms with Crippen molar-refractivity contribution < 1.29 is 29.0 Å². The smallest absolute Gasteiger partial charge is 0.408 e. The van der Waals surface area contributed by atoms with Gasteiger partial charge >= 0.3 is 12.1 Å². The highest BCUT2D eigenvalue weighted by Crippen LogP contribution is 2.44. The first-order chi connectivity index (χ1) is 16.2. The normalized spacial score (nSPS) is 22.9. The lowest BCUT2D eigenvalue weighted by molar-refractivity contribution is -0.149. The van der Waals surface area contributed by atoms with Crippen LogP contribution in [0, 0.1) is 5.41 Å². The fraction of sp³-hybridized carbons (Fsp3) is 0.423. The summed E-state index contributed by atoms with van der Waals surface area (Å²) in [5.41, 5.74) is 1.96. The Morgan fingerprint density at radius 2 is 1.71 bits per heavy atom. The minimum absolute atomic E-state index is 0.00985. The van der Waals surface area contributed by atoms with Crippen molar-refractivity contribution in [2.45, 2.75) is 44.7 Å². The number of carboxylic acids is 1. The van der Waals surface area contributed by atoms with Crippen LogP contribution in [-0.4, -0.2) is 54.5 Å². The van der Waals surface area contributed by atoms with Crippen molar-refractivity contribution in [3.8, 4) is 11.1 Å². The topological polar surface area (TPSA) is 114 Å². The Morgan fingerprint density at radius 1 is 1.12 bits per heavy atom. The Morgan fingerprint density at radius 3 is 2.26 bits per heavy atom. The van der Waals surface area contributed by atoms with E-state index >= 15 is 0 Å². The number of hydrogen-bond acceptors (Lipinski definition) is 5. The Bertz CT molecular complexity index is 1070. The van der Waals surface area contributed by atoms with Gasteiger partial charge in [-0.15, -0.1) is 0 Å². The Kier molecular flexibility index (Phi) is 6.36. The average molecular weight is 467 g/mol. The molecule has 1 saturated heterocycles. The summed E-state index contributed by atoms with van der Waals surface area (Å²) in [4.78, 5) is 37.5. The molecule has 0 bridgehead atoms. The third-order valence-corrected chi connectivity index (χ3v) is 7.18. The second-order valence-electron chi connectivity index (χ2n) is 9.40. The van der Waals surface area contributed by atoms with E-state index in [1.54, 1.807) is 13.8 Å². The third-order valence-electron chi connectivity index (χ3n) is 7.18. The van der Waals surface area contributed by atoms with Crippen molar-refractivity contribution in [1.29, 1.82) is 0 Å². The van der Waals surface area contributed by atoms with Gasteiger partial charge in [-0.2, -0.15) is 0 Å². The maximum atomic E-state index is 13.1. The molecule has 34 heavy (non-hydrogen) atoms. The molecular formula is C26H30N2O6. The highest BCUT2D eigenvalue weighted by molar-refractivity contribution is 5.90. The number of ether oxygens (including phenoxy) is 2. The summed E-state index contributed by atoms with van der Waals surface area (Å²) in [5.74, 6) is -1.61. The van der Waals surface area contributed by atoms with Crippen molar-refractivity contribution in [3.05, 3.63) is 59.7 Å². The number of alkyl carbamates (subject to hydrolysis) is 1. The van der Waals surface area contributed by atoms with E-state index in [4.69, 9.17) is 9.47 Å². The van der Waals surface area contributed by atoms with Crippen LogP contribution in [0.4, 0.5) is 4.79 Å². The fourth-order valence-corrected chi connectivity index (χ4v) is 4.57. The van der Waals surface area contributed by atoms with Crippen LogP contribution < -0.4 is 10.6 Å². The molecular weight excluding hydrogens is 436 g/mol. The molecule has 1 aliphatic carbocycles. The Hall–Kier alpha value is -3.39. The van der Waals surface area contributed by atoms with E-state index in [1.807, 2.05) is 36.4 Å². The number of carbonyl (C=O) groups is 3. The molecule has 1 fully saturated rings. The van der Waals surface area contributed by atoms with E-state index in [2.05, 4.69) is 22.8 Å². The van der Waals surface area contributed by atoms with E-state index in [1.165, 1.54) is 6.92 Å². The zero-order chi connectivity index (χ0) is 24.5. The first kappa shape index (κ1) is 23.8. The van der Waals surface area contributed by atoms with Crippen molar-refractivity contribution in [3.63, 3.8) is 0 Å². The van der Waals surface area contributed by atoms with Gasteiger partial charge in [-0.25, -0.2) is 4.79 Å². The molecule has 2 aliphatic rings. The van der Waals surface area contributed by atoms with Crippen LogP contribution in [0.5, 0.6) is 0 Å². The summed E-state index contributed by atoms with van der Waals surface area (Å²) >= 11 is 0. The zero-order valence-electron chi connectivity index (χ0n) is 19.6. The number of benzene rings is 2. The predicted molar refractivity (Wildman–Crippen MR) is 125 cm³/mol. The zero-order valence-corrected chi connectivity index (χ0v) is 19.6. The minimum Gasteiger partial charge on any atom is -0.481 e. The first-order valence-corrected chi connectivity index (χ1v) is 11.4. The average Bonchev–Trinajstić information content (AvgIpc) is 3.36. The highest BCUT2D eigenvalue weighted by atomic mass is 16.5. The molecule has 0 spiro atoms. The maximum Gasteiger partial charge on any atom is 0.408 e. The molecule has 3 unspecified atom stereocenters. The lowest BCUT2D eigenvalue weighted by Crippen LogP contribution is -2.61. The number of nitrogens with one attached hydrogen (secondary N) is 2. The van der Waals surface area contributed by atoms with Crippen molar-refractivity contribution in [2.24, 2.45) is 5.41 Å². The van der Waals surface area contributed by atoms with Gasteiger partial charge in [0.15, 0.2) is 0 Å². The number of carboxylic acid groups (broad SMARTS) is 1. The maximum absolute atomic E-state index is 13.1. The van der Waals surface area contributed by atoms with E-state index < -0.39 is 35.0 Å². The molecule has 2 amide bonds. The van der Waals surface area contributed by atoms with Gasteiger partial charge in [-0.3, -0.25) is 9.59 Å². The Balaban J connectivity index is 1.42. The monoisotopic (exact) mass is 466 g/mol. The van der Waals surface area contributed by atoms with Crippen molar-refractivity contribution in [1.82, 2.24) is 10.6 Å². The van der Waals surface area contributed by atoms with Crippen LogP contribution in [0.15, 0.2) is 48.5 Å². The summed E-state index contributed by atoms with van der Waals surface area (Å²) in [6.45, 7) is 5.14. The molecule has 1 aliphatic heterocycles. The van der Waals surface area contributed by atoms with E-state index in [9.17, 15) is 19.5 Å². The number of fused-ring (bicyclic) bond motifs is 3. The quantitative estimate of drug-likeness (QED) is 0.577. The molecule has 0 radical (unpaired) electrons. The molecule has 2 aromatic rings. The van der Waals surface area contributed by atoms with Crippen molar-refractivity contribution in [2.75, 3.05) is 19.8 Å². The van der Waals surface area contributed by atoms with Gasteiger partial charge in [0.05, 0.1) is 19.3 Å². The number of hydrogen-bond donors (Lipinski definition) is 3. The lowest BCUT2D eigenvalue weighted by atomic mass is 9.84. The SMILES string of the molecule is CCC(C)(NC(=O)OCC1c2ccccc2-c2ccccc21)C(=O)NC1COCC1(C)C(=O)O. The largest absolute Gasteiger partial charge is 0.481 e. The third kappa shape index (κ3) is 4.14. The fourth-order valence-electron chi connectivity index (χ4n) is 4.57. The van der Waals surface area contributed by atoms with E-state index in [0.717, 1.165) is 22.3 Å². The van der Waals surface area contributed by atoms with Crippen LogP contribution >= 0.6 is 0 Å². The van der Waals surface area contributed by atoms with Gasteiger partial charge < -0.3 is 25.2 Å². The van der Waals surface area contributed by atoms with Crippen LogP contribution in [0.1, 0.15) is 44.2 Å². The predicted octanol–water partition coefficient (Wildman–Crippen LogP) is 3.30. The van der Waals surface area contributed by atoms with Crippen LogP contribution in [-0.2, 0) is 19.1 Å². The summed E-state index contributed by atoms with van der Waals surface area (Å²) in [7, 11) is 0.